The van der Waals surface area contributed by atoms with Crippen molar-refractivity contribution in [2.24, 2.45) is 5.73 Å². The van der Waals surface area contributed by atoms with Gasteiger partial charge in [-0.3, -0.25) is 0 Å². The maximum Gasteiger partial charge on any atom is 0.124 e. The first-order valence-corrected chi connectivity index (χ1v) is 4.83. The molecule has 0 saturated carbocycles. The predicted octanol–water partition coefficient (Wildman–Crippen LogP) is 2.63. The molecule has 3 heteroatoms. The normalized spacial score (nSPS) is 12.6. The lowest BCUT2D eigenvalue weighted by atomic mass is 10.1. The molecule has 0 fully saturated rings. The third-order valence-electron chi connectivity index (χ3n) is 1.92. The fourth-order valence-corrected chi connectivity index (χ4v) is 1.22. The molecule has 1 rings (SSSR count). The summed E-state index contributed by atoms with van der Waals surface area (Å²) in [5, 5.41) is 0. The molecule has 0 bridgehead atoms. The van der Waals surface area contributed by atoms with Gasteiger partial charge in [0, 0.05) is 11.6 Å². The van der Waals surface area contributed by atoms with Crippen molar-refractivity contribution < 1.29 is 9.13 Å². The molecular weight excluding hydrogens is 181 g/mol. The topological polar surface area (TPSA) is 35.2 Å². The maximum atomic E-state index is 12.9. The molecule has 2 N–H and O–H groups in total. The predicted molar refractivity (Wildman–Crippen MR) is 54.8 cm³/mol. The van der Waals surface area contributed by atoms with Crippen LogP contribution in [0.5, 0.6) is 5.75 Å². The third kappa shape index (κ3) is 2.70. The Balaban J connectivity index is 2.90. The molecule has 0 aliphatic rings. The van der Waals surface area contributed by atoms with E-state index in [9.17, 15) is 4.39 Å². The zero-order chi connectivity index (χ0) is 10.6. The Morgan fingerprint density at radius 2 is 2.21 bits per heavy atom. The molecule has 0 spiro atoms. The highest BCUT2D eigenvalue weighted by atomic mass is 19.1. The number of halogens is 1. The fraction of sp³-hybridized carbons (Fsp3) is 0.455. The van der Waals surface area contributed by atoms with E-state index in [4.69, 9.17) is 10.5 Å². The molecular formula is C11H16FNO. The summed E-state index contributed by atoms with van der Waals surface area (Å²) in [6, 6.07) is 4.23. The highest BCUT2D eigenvalue weighted by molar-refractivity contribution is 5.36. The van der Waals surface area contributed by atoms with Crippen molar-refractivity contribution in [3.63, 3.8) is 0 Å². The third-order valence-corrected chi connectivity index (χ3v) is 1.92. The summed E-state index contributed by atoms with van der Waals surface area (Å²) < 4.78 is 18.4. The largest absolute Gasteiger partial charge is 0.493 e. The first kappa shape index (κ1) is 11.0. The highest BCUT2D eigenvalue weighted by Gasteiger charge is 2.08. The van der Waals surface area contributed by atoms with Crippen molar-refractivity contribution >= 4 is 0 Å². The van der Waals surface area contributed by atoms with Gasteiger partial charge in [-0.05, 0) is 31.5 Å². The van der Waals surface area contributed by atoms with Crippen molar-refractivity contribution in [3.8, 4) is 5.75 Å². The van der Waals surface area contributed by atoms with E-state index in [0.29, 0.717) is 12.4 Å². The van der Waals surface area contributed by atoms with Crippen LogP contribution in [0.1, 0.15) is 31.9 Å². The Morgan fingerprint density at radius 3 is 2.79 bits per heavy atom. The van der Waals surface area contributed by atoms with Crippen LogP contribution in [0, 0.1) is 5.82 Å². The number of rotatable bonds is 4. The van der Waals surface area contributed by atoms with E-state index in [1.165, 1.54) is 12.1 Å². The Kier molecular flexibility index (Phi) is 3.89. The van der Waals surface area contributed by atoms with E-state index in [1.807, 2.05) is 13.8 Å². The first-order chi connectivity index (χ1) is 6.65. The molecule has 1 unspecified atom stereocenters. The van der Waals surface area contributed by atoms with Crippen molar-refractivity contribution in [1.29, 1.82) is 0 Å². The van der Waals surface area contributed by atoms with Crippen molar-refractivity contribution in [2.75, 3.05) is 6.61 Å². The molecule has 0 aromatic heterocycles. The Hall–Kier alpha value is -1.09. The molecule has 0 aliphatic carbocycles. The molecule has 0 aliphatic heterocycles. The lowest BCUT2D eigenvalue weighted by Crippen LogP contribution is -2.08. The van der Waals surface area contributed by atoms with Gasteiger partial charge in [-0.15, -0.1) is 0 Å². The van der Waals surface area contributed by atoms with E-state index in [2.05, 4.69) is 0 Å². The summed E-state index contributed by atoms with van der Waals surface area (Å²) in [7, 11) is 0. The van der Waals surface area contributed by atoms with Gasteiger partial charge in [0.15, 0.2) is 0 Å². The average molecular weight is 197 g/mol. The summed E-state index contributed by atoms with van der Waals surface area (Å²) >= 11 is 0. The lowest BCUT2D eigenvalue weighted by molar-refractivity contribution is 0.312. The zero-order valence-electron chi connectivity index (χ0n) is 8.59. The van der Waals surface area contributed by atoms with Crippen LogP contribution >= 0.6 is 0 Å². The molecule has 0 radical (unpaired) electrons. The first-order valence-electron chi connectivity index (χ1n) is 4.83. The summed E-state index contributed by atoms with van der Waals surface area (Å²) in [5.41, 5.74) is 6.43. The maximum absolute atomic E-state index is 12.9. The zero-order valence-corrected chi connectivity index (χ0v) is 8.59. The second-order valence-corrected chi connectivity index (χ2v) is 3.32. The standard InChI is InChI=1S/C11H16FNO/c1-3-6-14-11-5-4-9(12)7-10(11)8(2)13/h4-5,7-8H,3,6,13H2,1-2H3. The van der Waals surface area contributed by atoms with Gasteiger partial charge in [0.25, 0.3) is 0 Å². The summed E-state index contributed by atoms with van der Waals surface area (Å²) in [6.07, 6.45) is 0.926. The van der Waals surface area contributed by atoms with Crippen LogP contribution in [0.4, 0.5) is 4.39 Å². The SMILES string of the molecule is CCCOc1ccc(F)cc1C(C)N. The molecule has 0 amide bonds. The Labute approximate surface area is 83.9 Å². The number of hydrogen-bond acceptors (Lipinski definition) is 2. The lowest BCUT2D eigenvalue weighted by Gasteiger charge is -2.13. The van der Waals surface area contributed by atoms with Crippen LogP contribution in [-0.4, -0.2) is 6.61 Å². The van der Waals surface area contributed by atoms with E-state index in [-0.39, 0.29) is 11.9 Å². The molecule has 1 aromatic carbocycles. The summed E-state index contributed by atoms with van der Waals surface area (Å²) in [6.45, 7) is 4.47. The number of ether oxygens (including phenoxy) is 1. The van der Waals surface area contributed by atoms with Gasteiger partial charge in [0.1, 0.15) is 11.6 Å². The molecule has 0 heterocycles. The Bertz CT molecular complexity index is 299. The number of nitrogens with two attached hydrogens (primary N) is 1. The van der Waals surface area contributed by atoms with Gasteiger partial charge in [0.2, 0.25) is 0 Å². The minimum atomic E-state index is -0.277. The van der Waals surface area contributed by atoms with Gasteiger partial charge in [0.05, 0.1) is 6.61 Å². The van der Waals surface area contributed by atoms with Gasteiger partial charge >= 0.3 is 0 Å². The number of hydrogen-bond donors (Lipinski definition) is 1. The van der Waals surface area contributed by atoms with Crippen LogP contribution in [0.15, 0.2) is 18.2 Å². The smallest absolute Gasteiger partial charge is 0.124 e. The van der Waals surface area contributed by atoms with Crippen molar-refractivity contribution in [3.05, 3.63) is 29.6 Å². The summed E-state index contributed by atoms with van der Waals surface area (Å²) in [5.74, 6) is 0.407. The van der Waals surface area contributed by atoms with Crippen LogP contribution in [0.25, 0.3) is 0 Å². The van der Waals surface area contributed by atoms with Crippen LogP contribution in [0.3, 0.4) is 0 Å². The minimum Gasteiger partial charge on any atom is -0.493 e. The average Bonchev–Trinajstić information content (AvgIpc) is 2.15. The van der Waals surface area contributed by atoms with Gasteiger partial charge in [-0.2, -0.15) is 0 Å². The van der Waals surface area contributed by atoms with Crippen molar-refractivity contribution in [2.45, 2.75) is 26.3 Å². The molecule has 0 saturated heterocycles. The van der Waals surface area contributed by atoms with E-state index < -0.39 is 0 Å². The minimum absolute atomic E-state index is 0.211. The van der Waals surface area contributed by atoms with Crippen molar-refractivity contribution in [1.82, 2.24) is 0 Å². The van der Waals surface area contributed by atoms with Gasteiger partial charge < -0.3 is 10.5 Å². The van der Waals surface area contributed by atoms with E-state index in [0.717, 1.165) is 12.0 Å². The molecule has 2 nitrogen and oxygen atoms in total. The number of benzene rings is 1. The molecule has 14 heavy (non-hydrogen) atoms. The second-order valence-electron chi connectivity index (χ2n) is 3.32. The monoisotopic (exact) mass is 197 g/mol. The molecule has 1 atom stereocenters. The van der Waals surface area contributed by atoms with Gasteiger partial charge in [-0.1, -0.05) is 6.92 Å². The molecule has 1 aromatic rings. The van der Waals surface area contributed by atoms with Crippen LogP contribution < -0.4 is 10.5 Å². The highest BCUT2D eigenvalue weighted by Crippen LogP contribution is 2.24. The summed E-state index contributed by atoms with van der Waals surface area (Å²) in [4.78, 5) is 0. The van der Waals surface area contributed by atoms with Gasteiger partial charge in [-0.25, -0.2) is 4.39 Å². The van der Waals surface area contributed by atoms with Crippen LogP contribution in [-0.2, 0) is 0 Å². The van der Waals surface area contributed by atoms with E-state index >= 15 is 0 Å². The second kappa shape index (κ2) is 4.96. The quantitative estimate of drug-likeness (QED) is 0.805. The fourth-order valence-electron chi connectivity index (χ4n) is 1.22. The Morgan fingerprint density at radius 1 is 1.50 bits per heavy atom. The van der Waals surface area contributed by atoms with Crippen LogP contribution in [0.2, 0.25) is 0 Å². The van der Waals surface area contributed by atoms with E-state index in [1.54, 1.807) is 6.07 Å². The molecule has 78 valence electrons.